The molecule has 0 aliphatic carbocycles. The van der Waals surface area contributed by atoms with E-state index in [-0.39, 0.29) is 19.1 Å². The molecule has 0 spiro atoms. The van der Waals surface area contributed by atoms with Crippen LogP contribution in [0.5, 0.6) is 0 Å². The monoisotopic (exact) mass is 860 g/mol. The number of phosphoric ester groups is 1. The summed E-state index contributed by atoms with van der Waals surface area (Å²) in [5, 5.41) is 13.7. The molecule has 0 aromatic rings. The van der Waals surface area contributed by atoms with Gasteiger partial charge in [-0.2, -0.15) is 0 Å². The molecule has 0 aromatic heterocycles. The summed E-state index contributed by atoms with van der Waals surface area (Å²) in [5.41, 5.74) is 0. The molecule has 0 aliphatic heterocycles. The van der Waals surface area contributed by atoms with Gasteiger partial charge in [-0.25, -0.2) is 4.57 Å². The maximum atomic E-state index is 12.8. The lowest BCUT2D eigenvalue weighted by Crippen LogP contribution is -2.45. The number of hydrogen-bond donors (Lipinski definition) is 3. The van der Waals surface area contributed by atoms with Crippen molar-refractivity contribution in [2.24, 2.45) is 0 Å². The molecular formula is C51H92N2O6P+. The van der Waals surface area contributed by atoms with Crippen molar-refractivity contribution in [2.75, 3.05) is 40.9 Å². The second-order valence-electron chi connectivity index (χ2n) is 17.1. The SMILES string of the molecule is CC/C=C\C/C=C\C/C=C\C/C=C\C/C=C\CCCCCCCCCCCCCCCCCC(=O)NC(COP(=O)(O)OCC[N+](C)(C)C)C(O)/C=C/CC/C=C/CCC. The van der Waals surface area contributed by atoms with Crippen LogP contribution >= 0.6 is 7.82 Å². The zero-order valence-corrected chi connectivity index (χ0v) is 40.1. The Hall–Kier alpha value is -2.32. The number of aliphatic hydroxyl groups is 1. The molecule has 0 aliphatic rings. The van der Waals surface area contributed by atoms with E-state index in [4.69, 9.17) is 9.05 Å². The largest absolute Gasteiger partial charge is 0.472 e. The number of aliphatic hydroxyl groups excluding tert-OH is 1. The molecule has 3 N–H and O–H groups in total. The van der Waals surface area contributed by atoms with Gasteiger partial charge in [-0.05, 0) is 70.6 Å². The van der Waals surface area contributed by atoms with Crippen molar-refractivity contribution < 1.29 is 32.9 Å². The molecule has 0 aromatic carbocycles. The van der Waals surface area contributed by atoms with E-state index in [9.17, 15) is 19.4 Å². The van der Waals surface area contributed by atoms with E-state index in [0.717, 1.165) is 77.0 Å². The van der Waals surface area contributed by atoms with Gasteiger partial charge in [0.05, 0.1) is 39.9 Å². The summed E-state index contributed by atoms with van der Waals surface area (Å²) < 4.78 is 23.4. The minimum Gasteiger partial charge on any atom is -0.387 e. The van der Waals surface area contributed by atoms with Crippen LogP contribution in [0.1, 0.15) is 181 Å². The van der Waals surface area contributed by atoms with Gasteiger partial charge in [0.1, 0.15) is 13.2 Å². The van der Waals surface area contributed by atoms with E-state index in [2.05, 4.69) is 92.1 Å². The highest BCUT2D eigenvalue weighted by molar-refractivity contribution is 7.47. The van der Waals surface area contributed by atoms with E-state index < -0.39 is 20.0 Å². The minimum atomic E-state index is -4.34. The van der Waals surface area contributed by atoms with Crippen molar-refractivity contribution in [3.63, 3.8) is 0 Å². The third-order valence-corrected chi connectivity index (χ3v) is 11.1. The second kappa shape index (κ2) is 42.0. The fourth-order valence-corrected chi connectivity index (χ4v) is 7.06. The normalized spacial score (nSPS) is 15.0. The molecule has 8 nitrogen and oxygen atoms in total. The molecule has 9 heteroatoms. The van der Waals surface area contributed by atoms with E-state index >= 15 is 0 Å². The van der Waals surface area contributed by atoms with E-state index in [0.29, 0.717) is 17.4 Å². The number of carbonyl (C=O) groups excluding carboxylic acids is 1. The fourth-order valence-electron chi connectivity index (χ4n) is 6.33. The second-order valence-corrected chi connectivity index (χ2v) is 18.5. The topological polar surface area (TPSA) is 105 Å². The third kappa shape index (κ3) is 43.8. The third-order valence-electron chi connectivity index (χ3n) is 10.1. The van der Waals surface area contributed by atoms with Gasteiger partial charge in [-0.3, -0.25) is 13.8 Å². The predicted octanol–water partition coefficient (Wildman–Crippen LogP) is 13.7. The Morgan fingerprint density at radius 1 is 0.583 bits per heavy atom. The van der Waals surface area contributed by atoms with Crippen LogP contribution in [-0.4, -0.2) is 73.4 Å². The van der Waals surface area contributed by atoms with Gasteiger partial charge in [-0.15, -0.1) is 0 Å². The van der Waals surface area contributed by atoms with Crippen molar-refractivity contribution in [2.45, 2.75) is 193 Å². The summed E-state index contributed by atoms with van der Waals surface area (Å²) in [7, 11) is 1.54. The Balaban J connectivity index is 4.00. The first-order chi connectivity index (χ1) is 29.0. The fraction of sp³-hybridized carbons (Fsp3) is 0.706. The van der Waals surface area contributed by atoms with E-state index in [1.54, 1.807) is 6.08 Å². The number of hydrogen-bond acceptors (Lipinski definition) is 5. The summed E-state index contributed by atoms with van der Waals surface area (Å²) in [6.45, 7) is 4.55. The highest BCUT2D eigenvalue weighted by Gasteiger charge is 2.27. The van der Waals surface area contributed by atoms with Crippen LogP contribution < -0.4 is 5.32 Å². The highest BCUT2D eigenvalue weighted by Crippen LogP contribution is 2.43. The van der Waals surface area contributed by atoms with E-state index in [1.165, 1.54) is 83.5 Å². The molecule has 0 radical (unpaired) electrons. The molecule has 0 rings (SSSR count). The Morgan fingerprint density at radius 2 is 1.02 bits per heavy atom. The number of quaternary nitrogens is 1. The Kier molecular flexibility index (Phi) is 40.4. The first kappa shape index (κ1) is 57.7. The van der Waals surface area contributed by atoms with Gasteiger partial charge < -0.3 is 19.8 Å². The smallest absolute Gasteiger partial charge is 0.387 e. The number of unbranched alkanes of at least 4 members (excludes halogenated alkanes) is 17. The van der Waals surface area contributed by atoms with Crippen LogP contribution in [0.3, 0.4) is 0 Å². The molecule has 3 unspecified atom stereocenters. The van der Waals surface area contributed by atoms with Gasteiger partial charge in [-0.1, -0.05) is 189 Å². The van der Waals surface area contributed by atoms with E-state index in [1.807, 2.05) is 27.2 Å². The lowest BCUT2D eigenvalue weighted by Gasteiger charge is -2.25. The lowest BCUT2D eigenvalue weighted by molar-refractivity contribution is -0.870. The summed E-state index contributed by atoms with van der Waals surface area (Å²) in [4.78, 5) is 23.0. The van der Waals surface area contributed by atoms with Crippen molar-refractivity contribution in [3.8, 4) is 0 Å². The van der Waals surface area contributed by atoms with Crippen LogP contribution in [0, 0.1) is 0 Å². The molecule has 1 amide bonds. The number of likely N-dealkylation sites (N-methyl/N-ethyl adjacent to an activating group) is 1. The molecule has 0 saturated carbocycles. The van der Waals surface area contributed by atoms with Gasteiger partial charge in [0, 0.05) is 6.42 Å². The first-order valence-electron chi connectivity index (χ1n) is 24.0. The van der Waals surface area contributed by atoms with Gasteiger partial charge >= 0.3 is 7.82 Å². The van der Waals surface area contributed by atoms with Crippen LogP contribution in [0.15, 0.2) is 85.1 Å². The van der Waals surface area contributed by atoms with Crippen molar-refractivity contribution in [1.82, 2.24) is 5.32 Å². The molecule has 60 heavy (non-hydrogen) atoms. The van der Waals surface area contributed by atoms with Crippen molar-refractivity contribution in [3.05, 3.63) is 85.1 Å². The zero-order valence-electron chi connectivity index (χ0n) is 39.2. The Bertz CT molecular complexity index is 1250. The van der Waals surface area contributed by atoms with Crippen LogP contribution in [0.25, 0.3) is 0 Å². The summed E-state index contributed by atoms with van der Waals surface area (Å²) in [6.07, 6.45) is 58.5. The van der Waals surface area contributed by atoms with Crippen LogP contribution in [0.4, 0.5) is 0 Å². The number of nitrogens with zero attached hydrogens (tertiary/aromatic N) is 1. The number of phosphoric acid groups is 1. The van der Waals surface area contributed by atoms with Crippen molar-refractivity contribution >= 4 is 13.7 Å². The number of amides is 1. The molecule has 0 fully saturated rings. The van der Waals surface area contributed by atoms with Gasteiger partial charge in [0.2, 0.25) is 5.91 Å². The minimum absolute atomic E-state index is 0.0526. The molecule has 3 atom stereocenters. The molecule has 0 bridgehead atoms. The maximum absolute atomic E-state index is 12.8. The van der Waals surface area contributed by atoms with Gasteiger partial charge in [0.15, 0.2) is 0 Å². The average molecular weight is 860 g/mol. The summed E-state index contributed by atoms with van der Waals surface area (Å²) in [6, 6.07) is -0.863. The molecular weight excluding hydrogens is 768 g/mol. The van der Waals surface area contributed by atoms with Crippen molar-refractivity contribution in [1.29, 1.82) is 0 Å². The average Bonchev–Trinajstić information content (AvgIpc) is 3.20. The van der Waals surface area contributed by atoms with Crippen LogP contribution in [-0.2, 0) is 18.4 Å². The quantitative estimate of drug-likeness (QED) is 0.0244. The molecule has 0 heterocycles. The number of allylic oxidation sites excluding steroid dienone is 13. The Morgan fingerprint density at radius 3 is 1.52 bits per heavy atom. The van der Waals surface area contributed by atoms with Crippen LogP contribution in [0.2, 0.25) is 0 Å². The summed E-state index contributed by atoms with van der Waals surface area (Å²) >= 11 is 0. The molecule has 346 valence electrons. The van der Waals surface area contributed by atoms with Gasteiger partial charge in [0.25, 0.3) is 0 Å². The lowest BCUT2D eigenvalue weighted by atomic mass is 10.0. The molecule has 0 saturated heterocycles. The number of carbonyl (C=O) groups is 1. The first-order valence-corrected chi connectivity index (χ1v) is 25.5. The predicted molar refractivity (Wildman–Crippen MR) is 258 cm³/mol. The Labute approximate surface area is 369 Å². The standard InChI is InChI=1S/C51H91N2O6P/c1-6-8-10-12-14-15-16-17-18-19-20-21-22-23-24-25-26-27-28-29-30-31-32-33-34-35-36-37-39-41-43-45-51(55)52-49(50(54)44-42-40-38-13-11-9-7-2)48-59-60(56,57)58-47-46-53(3,4)5/h8,10-11,13-15,17-18,20-21,23-24,42,44,49-50,54H,6-7,9,12,16,19,22,25-41,43,45-48H2,1-5H3,(H-,52,55,56,57)/p+1/b10-8-,13-11+,15-14-,18-17-,21-20-,24-23-,44-42+. The highest BCUT2D eigenvalue weighted by atomic mass is 31.2. The number of nitrogens with one attached hydrogen (secondary N) is 1. The maximum Gasteiger partial charge on any atom is 0.472 e. The summed E-state index contributed by atoms with van der Waals surface area (Å²) in [5.74, 6) is -0.196. The number of rotatable bonds is 42. The zero-order chi connectivity index (χ0) is 44.3.